The molecule has 0 amide bonds. The van der Waals surface area contributed by atoms with Gasteiger partial charge in [-0.3, -0.25) is 0 Å². The van der Waals surface area contributed by atoms with Gasteiger partial charge in [-0.15, -0.1) is 11.8 Å². The Morgan fingerprint density at radius 3 is 2.56 bits per heavy atom. The van der Waals surface area contributed by atoms with Crippen LogP contribution < -0.4 is 4.74 Å². The molecule has 1 aromatic heterocycles. The van der Waals surface area contributed by atoms with Gasteiger partial charge in [-0.1, -0.05) is 54.6 Å². The summed E-state index contributed by atoms with van der Waals surface area (Å²) >= 11 is 1.77. The molecule has 4 rings (SSSR count). The maximum atomic E-state index is 14.2. The summed E-state index contributed by atoms with van der Waals surface area (Å²) in [5.41, 5.74) is 5.18. The summed E-state index contributed by atoms with van der Waals surface area (Å²) in [7, 11) is 1.42. The summed E-state index contributed by atoms with van der Waals surface area (Å²) in [6, 6.07) is 19.9. The first-order chi connectivity index (χ1) is 13.3. The molecule has 2 aromatic carbocycles. The third-order valence-electron chi connectivity index (χ3n) is 4.50. The van der Waals surface area contributed by atoms with Crippen LogP contribution in [0.2, 0.25) is 0 Å². The van der Waals surface area contributed by atoms with Gasteiger partial charge in [0.2, 0.25) is 5.88 Å². The summed E-state index contributed by atoms with van der Waals surface area (Å²) in [6.45, 7) is 0.837. The van der Waals surface area contributed by atoms with E-state index in [2.05, 4.69) is 45.6 Å². The van der Waals surface area contributed by atoms with E-state index in [1.807, 2.05) is 24.3 Å². The molecular weight excluding hydrogens is 359 g/mol. The van der Waals surface area contributed by atoms with E-state index in [9.17, 15) is 4.39 Å². The lowest BCUT2D eigenvalue weighted by Crippen LogP contribution is -2.18. The quantitative estimate of drug-likeness (QED) is 0.593. The number of hydrogen-bond acceptors (Lipinski definition) is 4. The summed E-state index contributed by atoms with van der Waals surface area (Å²) in [4.78, 5) is 6.43. The molecule has 136 valence electrons. The van der Waals surface area contributed by atoms with Crippen LogP contribution in [-0.4, -0.2) is 22.9 Å². The maximum absolute atomic E-state index is 14.2. The first kappa shape index (κ1) is 17.6. The molecule has 0 aliphatic carbocycles. The summed E-state index contributed by atoms with van der Waals surface area (Å²) in [5.74, 6) is 0.451. The highest BCUT2D eigenvalue weighted by atomic mass is 32.2. The highest BCUT2D eigenvalue weighted by Crippen LogP contribution is 2.37. The smallest absolute Gasteiger partial charge is 0.250 e. The monoisotopic (exact) mass is 378 g/mol. The predicted octanol–water partition coefficient (Wildman–Crippen LogP) is 5.40. The van der Waals surface area contributed by atoms with E-state index in [1.54, 1.807) is 18.0 Å². The van der Waals surface area contributed by atoms with Crippen molar-refractivity contribution in [2.45, 2.75) is 6.54 Å². The third-order valence-corrected chi connectivity index (χ3v) is 5.35. The number of methoxy groups -OCH3 is 1. The van der Waals surface area contributed by atoms with Crippen LogP contribution in [0.5, 0.6) is 5.88 Å². The Morgan fingerprint density at radius 1 is 1.07 bits per heavy atom. The average molecular weight is 378 g/mol. The number of benzene rings is 2. The third kappa shape index (κ3) is 3.69. The van der Waals surface area contributed by atoms with Crippen LogP contribution in [0.4, 0.5) is 4.39 Å². The van der Waals surface area contributed by atoms with Gasteiger partial charge in [0.05, 0.1) is 18.7 Å². The molecule has 3 nitrogen and oxygen atoms in total. The second kappa shape index (κ2) is 7.84. The Balaban J connectivity index is 1.69. The minimum atomic E-state index is -0.458. The van der Waals surface area contributed by atoms with Crippen LogP contribution in [0.15, 0.2) is 72.3 Å². The molecule has 3 aromatic rings. The van der Waals surface area contributed by atoms with Gasteiger partial charge in [0, 0.05) is 23.9 Å². The molecule has 0 spiro atoms. The van der Waals surface area contributed by atoms with Gasteiger partial charge < -0.3 is 9.64 Å². The lowest BCUT2D eigenvalue weighted by atomic mass is 9.98. The van der Waals surface area contributed by atoms with Gasteiger partial charge in [0.1, 0.15) is 0 Å². The molecule has 5 heteroatoms. The summed E-state index contributed by atoms with van der Waals surface area (Å²) in [6.07, 6.45) is 1.66. The summed E-state index contributed by atoms with van der Waals surface area (Å²) in [5, 5.41) is 2.18. The van der Waals surface area contributed by atoms with E-state index in [4.69, 9.17) is 4.74 Å². The topological polar surface area (TPSA) is 25.4 Å². The molecule has 0 atom stereocenters. The molecule has 0 radical (unpaired) electrons. The Hall–Kier alpha value is -2.79. The van der Waals surface area contributed by atoms with Gasteiger partial charge in [0.25, 0.3) is 0 Å². The minimum absolute atomic E-state index is 0.0116. The highest BCUT2D eigenvalue weighted by molar-refractivity contribution is 8.02. The van der Waals surface area contributed by atoms with Crippen LogP contribution in [0.3, 0.4) is 0 Å². The van der Waals surface area contributed by atoms with Gasteiger partial charge in [-0.25, -0.2) is 9.37 Å². The maximum Gasteiger partial charge on any atom is 0.250 e. The van der Waals surface area contributed by atoms with Crippen molar-refractivity contribution in [2.75, 3.05) is 13.0 Å². The standard InChI is InChI=1S/C22H19FN2OS/c1-26-22-20(23)11-17(12-24-22)18-9-5-6-10-19(18)21-14-27-15-25(21)13-16-7-3-2-4-8-16/h2-12,14H,13,15H2,1H3. The van der Waals surface area contributed by atoms with Crippen LogP contribution in [-0.2, 0) is 6.54 Å². The van der Waals surface area contributed by atoms with Crippen molar-refractivity contribution in [3.8, 4) is 17.0 Å². The second-order valence-electron chi connectivity index (χ2n) is 6.24. The van der Waals surface area contributed by atoms with E-state index in [-0.39, 0.29) is 5.88 Å². The SMILES string of the molecule is COc1ncc(-c2ccccc2C2=CSCN2Cc2ccccc2)cc1F. The van der Waals surface area contributed by atoms with Crippen molar-refractivity contribution in [1.82, 2.24) is 9.88 Å². The zero-order valence-corrected chi connectivity index (χ0v) is 15.7. The van der Waals surface area contributed by atoms with E-state index < -0.39 is 5.82 Å². The fraction of sp³-hybridized carbons (Fsp3) is 0.136. The number of aromatic nitrogens is 1. The number of hydrogen-bond donors (Lipinski definition) is 0. The first-order valence-electron chi connectivity index (χ1n) is 8.66. The molecule has 0 fully saturated rings. The molecule has 1 aliphatic rings. The number of pyridine rings is 1. The van der Waals surface area contributed by atoms with Crippen molar-refractivity contribution in [1.29, 1.82) is 0 Å². The molecule has 0 bridgehead atoms. The molecule has 1 aliphatic heterocycles. The fourth-order valence-electron chi connectivity index (χ4n) is 3.20. The van der Waals surface area contributed by atoms with Crippen molar-refractivity contribution in [3.05, 3.63) is 89.2 Å². The van der Waals surface area contributed by atoms with Crippen molar-refractivity contribution >= 4 is 17.5 Å². The molecule has 27 heavy (non-hydrogen) atoms. The van der Waals surface area contributed by atoms with E-state index in [0.29, 0.717) is 0 Å². The van der Waals surface area contributed by atoms with Crippen LogP contribution >= 0.6 is 11.8 Å². The lowest BCUT2D eigenvalue weighted by molar-refractivity contribution is 0.369. The number of thioether (sulfide) groups is 1. The lowest BCUT2D eigenvalue weighted by Gasteiger charge is -2.23. The normalized spacial score (nSPS) is 13.6. The molecule has 2 heterocycles. The fourth-order valence-corrected chi connectivity index (χ4v) is 4.12. The molecular formula is C22H19FN2OS. The Bertz CT molecular complexity index is 975. The average Bonchev–Trinajstić information content (AvgIpc) is 3.16. The molecule has 0 saturated carbocycles. The van der Waals surface area contributed by atoms with Gasteiger partial charge in [-0.2, -0.15) is 0 Å². The van der Waals surface area contributed by atoms with Crippen LogP contribution in [0, 0.1) is 5.82 Å². The molecule has 0 N–H and O–H groups in total. The van der Waals surface area contributed by atoms with E-state index in [0.717, 1.165) is 34.8 Å². The minimum Gasteiger partial charge on any atom is -0.479 e. The van der Waals surface area contributed by atoms with Crippen molar-refractivity contribution < 1.29 is 9.13 Å². The van der Waals surface area contributed by atoms with Crippen molar-refractivity contribution in [2.24, 2.45) is 0 Å². The Labute approximate surface area is 162 Å². The first-order valence-corrected chi connectivity index (χ1v) is 9.71. The number of halogens is 1. The van der Waals surface area contributed by atoms with Crippen LogP contribution in [0.1, 0.15) is 11.1 Å². The highest BCUT2D eigenvalue weighted by Gasteiger charge is 2.21. The van der Waals surface area contributed by atoms with Crippen LogP contribution in [0.25, 0.3) is 16.8 Å². The summed E-state index contributed by atoms with van der Waals surface area (Å²) < 4.78 is 19.1. The zero-order chi connectivity index (χ0) is 18.6. The number of rotatable bonds is 5. The number of ether oxygens (including phenoxy) is 1. The Morgan fingerprint density at radius 2 is 1.81 bits per heavy atom. The largest absolute Gasteiger partial charge is 0.479 e. The van der Waals surface area contributed by atoms with Crippen molar-refractivity contribution in [3.63, 3.8) is 0 Å². The predicted molar refractivity (Wildman–Crippen MR) is 109 cm³/mol. The number of nitrogens with zero attached hydrogens (tertiary/aromatic N) is 2. The Kier molecular flexibility index (Phi) is 5.12. The van der Waals surface area contributed by atoms with Gasteiger partial charge >= 0.3 is 0 Å². The van der Waals surface area contributed by atoms with Gasteiger partial charge in [-0.05, 0) is 22.6 Å². The molecule has 0 unspecified atom stereocenters. The zero-order valence-electron chi connectivity index (χ0n) is 14.9. The van der Waals surface area contributed by atoms with E-state index in [1.165, 1.54) is 18.7 Å². The second-order valence-corrected chi connectivity index (χ2v) is 7.07. The van der Waals surface area contributed by atoms with Gasteiger partial charge in [0.15, 0.2) is 5.82 Å². The van der Waals surface area contributed by atoms with E-state index >= 15 is 0 Å². The molecule has 0 saturated heterocycles.